The zero-order valence-electron chi connectivity index (χ0n) is 18.6. The Morgan fingerprint density at radius 1 is 1.21 bits per heavy atom. The number of fused-ring (bicyclic) bond motifs is 1. The first-order valence-electron chi connectivity index (χ1n) is 10.6. The van der Waals surface area contributed by atoms with Gasteiger partial charge in [-0.25, -0.2) is 9.78 Å². The molecule has 176 valence electrons. The first-order chi connectivity index (χ1) is 16.1. The van der Waals surface area contributed by atoms with Gasteiger partial charge < -0.3 is 20.6 Å². The van der Waals surface area contributed by atoms with Crippen LogP contribution in [0.1, 0.15) is 48.3 Å². The molecular formula is C25H24BrClN4O3. The maximum atomic E-state index is 11.6. The number of amides is 1. The standard InChI is InChI=1S/C25H24BrClN4O3/c1-25(2,34-24(28)33)20(9-14-3-6-17(27)7-4-14)21-8-5-15(11-29-21)22(32)19-13-31-23-18(19)10-16(26)12-30-23/h3-8,10-13,20,22,32H,9H2,1-2H3,(H2,28,33)(H,30,31). The number of pyridine rings is 2. The molecule has 1 aromatic carbocycles. The third-order valence-electron chi connectivity index (χ3n) is 5.86. The van der Waals surface area contributed by atoms with Crippen LogP contribution < -0.4 is 5.73 Å². The molecule has 0 saturated heterocycles. The molecule has 1 amide bonds. The summed E-state index contributed by atoms with van der Waals surface area (Å²) in [5.41, 5.74) is 8.16. The van der Waals surface area contributed by atoms with E-state index in [1.807, 2.05) is 42.5 Å². The fraction of sp³-hybridized carbons (Fsp3) is 0.240. The van der Waals surface area contributed by atoms with Crippen molar-refractivity contribution in [1.29, 1.82) is 0 Å². The van der Waals surface area contributed by atoms with Crippen molar-refractivity contribution in [3.05, 3.63) is 92.9 Å². The molecule has 4 aromatic rings. The molecule has 7 nitrogen and oxygen atoms in total. The van der Waals surface area contributed by atoms with Crippen LogP contribution in [0, 0.1) is 0 Å². The number of primary amides is 1. The van der Waals surface area contributed by atoms with Gasteiger partial charge in [-0.1, -0.05) is 29.8 Å². The van der Waals surface area contributed by atoms with E-state index in [2.05, 4.69) is 30.9 Å². The predicted molar refractivity (Wildman–Crippen MR) is 135 cm³/mol. The van der Waals surface area contributed by atoms with E-state index in [1.165, 1.54) is 0 Å². The minimum atomic E-state index is -0.923. The van der Waals surface area contributed by atoms with Crippen molar-refractivity contribution < 1.29 is 14.6 Å². The van der Waals surface area contributed by atoms with Crippen LogP contribution in [-0.2, 0) is 11.2 Å². The van der Waals surface area contributed by atoms with Crippen molar-refractivity contribution in [2.24, 2.45) is 5.73 Å². The zero-order chi connectivity index (χ0) is 24.5. The number of halogens is 2. The second-order valence-corrected chi connectivity index (χ2v) is 9.97. The maximum absolute atomic E-state index is 11.6. The number of aliphatic hydroxyl groups is 1. The summed E-state index contributed by atoms with van der Waals surface area (Å²) < 4.78 is 6.28. The van der Waals surface area contributed by atoms with Gasteiger partial charge in [0.1, 0.15) is 17.4 Å². The number of carbonyl (C=O) groups excluding carboxylic acids is 1. The van der Waals surface area contributed by atoms with E-state index in [-0.39, 0.29) is 5.92 Å². The molecule has 3 aromatic heterocycles. The summed E-state index contributed by atoms with van der Waals surface area (Å²) in [6.45, 7) is 3.61. The van der Waals surface area contributed by atoms with Gasteiger partial charge in [0, 0.05) is 56.2 Å². The molecule has 0 aliphatic heterocycles. The Bertz CT molecular complexity index is 1310. The van der Waals surface area contributed by atoms with Crippen LogP contribution in [0.15, 0.2) is 65.5 Å². The van der Waals surface area contributed by atoms with Gasteiger partial charge in [-0.05, 0) is 66.0 Å². The number of benzene rings is 1. The number of rotatable bonds is 7. The number of nitrogens with zero attached hydrogens (tertiary/aromatic N) is 2. The topological polar surface area (TPSA) is 114 Å². The smallest absolute Gasteiger partial charge is 0.405 e. The average Bonchev–Trinajstić information content (AvgIpc) is 3.20. The number of H-pyrrole nitrogens is 1. The fourth-order valence-electron chi connectivity index (χ4n) is 4.08. The number of aliphatic hydroxyl groups excluding tert-OH is 1. The molecule has 9 heteroatoms. The van der Waals surface area contributed by atoms with Crippen LogP contribution in [0.2, 0.25) is 5.02 Å². The summed E-state index contributed by atoms with van der Waals surface area (Å²) in [7, 11) is 0. The van der Waals surface area contributed by atoms with Crippen LogP contribution in [-0.4, -0.2) is 31.8 Å². The highest BCUT2D eigenvalue weighted by Crippen LogP contribution is 2.35. The fourth-order valence-corrected chi connectivity index (χ4v) is 4.54. The second kappa shape index (κ2) is 9.74. The van der Waals surface area contributed by atoms with Crippen LogP contribution in [0.4, 0.5) is 4.79 Å². The van der Waals surface area contributed by atoms with E-state index >= 15 is 0 Å². The largest absolute Gasteiger partial charge is 0.443 e. The number of ether oxygens (including phenoxy) is 1. The maximum Gasteiger partial charge on any atom is 0.405 e. The van der Waals surface area contributed by atoms with Gasteiger partial charge >= 0.3 is 6.09 Å². The molecule has 2 atom stereocenters. The zero-order valence-corrected chi connectivity index (χ0v) is 21.0. The Morgan fingerprint density at radius 3 is 2.59 bits per heavy atom. The van der Waals surface area contributed by atoms with Crippen LogP contribution in [0.25, 0.3) is 11.0 Å². The average molecular weight is 544 g/mol. The summed E-state index contributed by atoms with van der Waals surface area (Å²) in [5, 5.41) is 12.5. The molecule has 0 aliphatic rings. The molecule has 0 aliphatic carbocycles. The van der Waals surface area contributed by atoms with E-state index in [0.29, 0.717) is 33.9 Å². The van der Waals surface area contributed by atoms with Gasteiger partial charge in [0.2, 0.25) is 0 Å². The quantitative estimate of drug-likeness (QED) is 0.278. The Kier molecular flexibility index (Phi) is 6.93. The molecule has 34 heavy (non-hydrogen) atoms. The van der Waals surface area contributed by atoms with Gasteiger partial charge in [-0.2, -0.15) is 0 Å². The minimum Gasteiger partial charge on any atom is -0.443 e. The lowest BCUT2D eigenvalue weighted by atomic mass is 9.82. The number of carbonyl (C=O) groups is 1. The number of nitrogens with one attached hydrogen (secondary N) is 1. The molecule has 0 bridgehead atoms. The molecule has 0 saturated carbocycles. The lowest BCUT2D eigenvalue weighted by molar-refractivity contribution is 0.0226. The Morgan fingerprint density at radius 2 is 1.94 bits per heavy atom. The van der Waals surface area contributed by atoms with Crippen molar-refractivity contribution in [2.45, 2.75) is 37.9 Å². The van der Waals surface area contributed by atoms with Crippen LogP contribution in [0.5, 0.6) is 0 Å². The molecule has 4 N–H and O–H groups in total. The van der Waals surface area contributed by atoms with Crippen molar-refractivity contribution >= 4 is 44.7 Å². The molecule has 0 spiro atoms. The highest BCUT2D eigenvalue weighted by molar-refractivity contribution is 9.10. The highest BCUT2D eigenvalue weighted by atomic mass is 79.9. The predicted octanol–water partition coefficient (Wildman–Crippen LogP) is 5.66. The number of nitrogens with two attached hydrogens (primary N) is 1. The molecule has 4 rings (SSSR count). The summed E-state index contributed by atoms with van der Waals surface area (Å²) >= 11 is 9.45. The normalized spacial score (nSPS) is 13.6. The second-order valence-electron chi connectivity index (χ2n) is 8.62. The van der Waals surface area contributed by atoms with Crippen LogP contribution >= 0.6 is 27.5 Å². The number of aromatic nitrogens is 3. The van der Waals surface area contributed by atoms with E-state index in [1.54, 1.807) is 32.4 Å². The van der Waals surface area contributed by atoms with E-state index in [0.717, 1.165) is 15.4 Å². The lowest BCUT2D eigenvalue weighted by Crippen LogP contribution is -2.38. The Balaban J connectivity index is 1.65. The summed E-state index contributed by atoms with van der Waals surface area (Å²) in [6.07, 6.45) is 3.89. The van der Waals surface area contributed by atoms with Gasteiger partial charge in [-0.3, -0.25) is 4.98 Å². The summed E-state index contributed by atoms with van der Waals surface area (Å²) in [6, 6.07) is 13.1. The summed E-state index contributed by atoms with van der Waals surface area (Å²) in [4.78, 5) is 23.6. The van der Waals surface area contributed by atoms with Gasteiger partial charge in [0.05, 0.1) is 0 Å². The van der Waals surface area contributed by atoms with Gasteiger partial charge in [0.25, 0.3) is 0 Å². The molecule has 0 fully saturated rings. The lowest BCUT2D eigenvalue weighted by Gasteiger charge is -2.33. The van der Waals surface area contributed by atoms with Gasteiger partial charge in [0.15, 0.2) is 0 Å². The Labute approximate surface area is 210 Å². The first kappa shape index (κ1) is 24.2. The van der Waals surface area contributed by atoms with E-state index < -0.39 is 17.8 Å². The SMILES string of the molecule is CC(C)(OC(N)=O)C(Cc1ccc(Cl)cc1)c1ccc(C(O)c2c[nH]c3ncc(Br)cc23)cn1. The molecule has 2 unspecified atom stereocenters. The van der Waals surface area contributed by atoms with Crippen molar-refractivity contribution in [1.82, 2.24) is 15.0 Å². The minimum absolute atomic E-state index is 0.291. The molecule has 0 radical (unpaired) electrons. The van der Waals surface area contributed by atoms with Crippen LogP contribution in [0.3, 0.4) is 0 Å². The summed E-state index contributed by atoms with van der Waals surface area (Å²) in [5.74, 6) is -0.291. The highest BCUT2D eigenvalue weighted by Gasteiger charge is 2.35. The van der Waals surface area contributed by atoms with Gasteiger partial charge in [-0.15, -0.1) is 0 Å². The number of hydrogen-bond donors (Lipinski definition) is 3. The van der Waals surface area contributed by atoms with E-state index in [9.17, 15) is 9.90 Å². The third-order valence-corrected chi connectivity index (χ3v) is 6.55. The molecule has 3 heterocycles. The van der Waals surface area contributed by atoms with Crippen molar-refractivity contribution in [3.8, 4) is 0 Å². The number of aromatic amines is 1. The van der Waals surface area contributed by atoms with Crippen molar-refractivity contribution in [3.63, 3.8) is 0 Å². The van der Waals surface area contributed by atoms with E-state index in [4.69, 9.17) is 22.1 Å². The Hall–Kier alpha value is -2.94. The third kappa shape index (κ3) is 5.24. The first-order valence-corrected chi connectivity index (χ1v) is 11.8. The number of hydrogen-bond acceptors (Lipinski definition) is 5. The van der Waals surface area contributed by atoms with Crippen molar-refractivity contribution in [2.75, 3.05) is 0 Å². The molecular weight excluding hydrogens is 520 g/mol. The monoisotopic (exact) mass is 542 g/mol.